The average molecular weight is 271 g/mol. The van der Waals surface area contributed by atoms with Crippen LogP contribution in [-0.4, -0.2) is 17.9 Å². The minimum Gasteiger partial charge on any atom is -0.481 e. The van der Waals surface area contributed by atoms with Gasteiger partial charge in [-0.05, 0) is 44.4 Å². The van der Waals surface area contributed by atoms with E-state index in [0.29, 0.717) is 22.9 Å². The van der Waals surface area contributed by atoms with Gasteiger partial charge in [0, 0.05) is 0 Å². The molecule has 2 rings (SSSR count). The average Bonchev–Trinajstić information content (AvgIpc) is 2.72. The molecule has 0 spiro atoms. The first-order chi connectivity index (χ1) is 8.33. The van der Waals surface area contributed by atoms with Gasteiger partial charge in [-0.15, -0.1) is 0 Å². The van der Waals surface area contributed by atoms with Crippen molar-refractivity contribution in [3.63, 3.8) is 0 Å². The van der Waals surface area contributed by atoms with Crippen LogP contribution in [-0.2, 0) is 11.2 Å². The van der Waals surface area contributed by atoms with Crippen LogP contribution < -0.4 is 9.47 Å². The zero-order chi connectivity index (χ0) is 13.5. The van der Waals surface area contributed by atoms with Gasteiger partial charge in [0.25, 0.3) is 0 Å². The van der Waals surface area contributed by atoms with Crippen molar-refractivity contribution in [2.75, 3.05) is 6.79 Å². The van der Waals surface area contributed by atoms with Crippen LogP contribution >= 0.6 is 11.6 Å². The normalized spacial score (nSPS) is 13.8. The number of ether oxygens (including phenoxy) is 2. The highest BCUT2D eigenvalue weighted by Gasteiger charge is 2.31. The molecule has 98 valence electrons. The van der Waals surface area contributed by atoms with Crippen LogP contribution in [0.1, 0.15) is 25.0 Å². The molecule has 0 radical (unpaired) electrons. The zero-order valence-corrected chi connectivity index (χ0v) is 11.3. The highest BCUT2D eigenvalue weighted by Crippen LogP contribution is 2.44. The molecule has 0 saturated carbocycles. The predicted molar refractivity (Wildman–Crippen MR) is 67.4 cm³/mol. The Balaban J connectivity index is 2.43. The lowest BCUT2D eigenvalue weighted by Crippen LogP contribution is -2.26. The highest BCUT2D eigenvalue weighted by atomic mass is 35.5. The number of hydrogen-bond donors (Lipinski definition) is 1. The lowest BCUT2D eigenvalue weighted by molar-refractivity contribution is -0.146. The first-order valence-corrected chi connectivity index (χ1v) is 6.01. The highest BCUT2D eigenvalue weighted by molar-refractivity contribution is 6.33. The third-order valence-electron chi connectivity index (χ3n) is 3.13. The minimum absolute atomic E-state index is 0.153. The van der Waals surface area contributed by atoms with E-state index in [9.17, 15) is 9.90 Å². The first kappa shape index (κ1) is 13.0. The SMILES string of the molecule is Cc1cc2c(c(Cl)c1CC(C)(C)C(=O)O)OCO2. The Hall–Kier alpha value is -1.42. The molecule has 0 amide bonds. The van der Waals surface area contributed by atoms with Crippen molar-refractivity contribution in [3.05, 3.63) is 22.2 Å². The molecular formula is C13H15ClO4. The number of hydrogen-bond acceptors (Lipinski definition) is 3. The van der Waals surface area contributed by atoms with Crippen LogP contribution in [0.3, 0.4) is 0 Å². The van der Waals surface area contributed by atoms with Crippen LogP contribution in [0.2, 0.25) is 5.02 Å². The Morgan fingerprint density at radius 3 is 2.78 bits per heavy atom. The Morgan fingerprint density at radius 2 is 2.17 bits per heavy atom. The van der Waals surface area contributed by atoms with Gasteiger partial charge in [-0.1, -0.05) is 11.6 Å². The molecule has 18 heavy (non-hydrogen) atoms. The number of carboxylic acids is 1. The van der Waals surface area contributed by atoms with Gasteiger partial charge in [-0.3, -0.25) is 4.79 Å². The standard InChI is InChI=1S/C13H15ClO4/c1-7-4-9-11(18-6-17-9)10(14)8(7)5-13(2,3)12(15)16/h4H,5-6H2,1-3H3,(H,15,16). The number of halogens is 1. The molecule has 0 saturated heterocycles. The van der Waals surface area contributed by atoms with Gasteiger partial charge in [-0.25, -0.2) is 0 Å². The van der Waals surface area contributed by atoms with Gasteiger partial charge < -0.3 is 14.6 Å². The molecule has 0 aliphatic carbocycles. The fourth-order valence-electron chi connectivity index (χ4n) is 1.90. The second-order valence-corrected chi connectivity index (χ2v) is 5.46. The molecule has 1 aromatic carbocycles. The summed E-state index contributed by atoms with van der Waals surface area (Å²) in [6, 6.07) is 1.83. The number of rotatable bonds is 3. The first-order valence-electron chi connectivity index (χ1n) is 5.64. The van der Waals surface area contributed by atoms with E-state index in [0.717, 1.165) is 11.1 Å². The molecule has 0 bridgehead atoms. The fraction of sp³-hybridized carbons (Fsp3) is 0.462. The number of aliphatic carboxylic acids is 1. The predicted octanol–water partition coefficient (Wildman–Crippen LogP) is 3.03. The Morgan fingerprint density at radius 1 is 1.50 bits per heavy atom. The summed E-state index contributed by atoms with van der Waals surface area (Å²) < 4.78 is 10.6. The van der Waals surface area contributed by atoms with E-state index in [-0.39, 0.29) is 6.79 Å². The van der Waals surface area contributed by atoms with Crippen molar-refractivity contribution in [3.8, 4) is 11.5 Å². The number of carboxylic acid groups (broad SMARTS) is 1. The topological polar surface area (TPSA) is 55.8 Å². The molecule has 1 heterocycles. The van der Waals surface area contributed by atoms with Crippen LogP contribution in [0.5, 0.6) is 11.5 Å². The third kappa shape index (κ3) is 2.12. The molecule has 0 atom stereocenters. The monoisotopic (exact) mass is 270 g/mol. The lowest BCUT2D eigenvalue weighted by Gasteiger charge is -2.21. The molecule has 1 N–H and O–H groups in total. The van der Waals surface area contributed by atoms with E-state index in [1.807, 2.05) is 13.0 Å². The van der Waals surface area contributed by atoms with E-state index in [1.54, 1.807) is 13.8 Å². The van der Waals surface area contributed by atoms with E-state index in [1.165, 1.54) is 0 Å². The summed E-state index contributed by atoms with van der Waals surface area (Å²) >= 11 is 6.27. The van der Waals surface area contributed by atoms with Crippen molar-refractivity contribution in [2.24, 2.45) is 5.41 Å². The number of carbonyl (C=O) groups is 1. The Bertz CT molecular complexity index is 508. The number of benzene rings is 1. The maximum Gasteiger partial charge on any atom is 0.309 e. The molecule has 5 heteroatoms. The quantitative estimate of drug-likeness (QED) is 0.917. The Labute approximate surface area is 110 Å². The molecule has 4 nitrogen and oxygen atoms in total. The zero-order valence-electron chi connectivity index (χ0n) is 10.5. The fourth-order valence-corrected chi connectivity index (χ4v) is 2.26. The molecular weight excluding hydrogens is 256 g/mol. The summed E-state index contributed by atoms with van der Waals surface area (Å²) in [5.74, 6) is 0.281. The minimum atomic E-state index is -0.873. The van der Waals surface area contributed by atoms with Crippen molar-refractivity contribution < 1.29 is 19.4 Å². The van der Waals surface area contributed by atoms with E-state index in [2.05, 4.69) is 0 Å². The molecule has 0 aromatic heterocycles. The van der Waals surface area contributed by atoms with Gasteiger partial charge in [0.15, 0.2) is 11.5 Å². The molecule has 0 unspecified atom stereocenters. The van der Waals surface area contributed by atoms with Crippen LogP contribution in [0.15, 0.2) is 6.07 Å². The molecule has 1 aliphatic heterocycles. The van der Waals surface area contributed by atoms with Gasteiger partial charge in [0.2, 0.25) is 6.79 Å². The summed E-state index contributed by atoms with van der Waals surface area (Å²) in [6.07, 6.45) is 0.351. The summed E-state index contributed by atoms with van der Waals surface area (Å²) in [5.41, 5.74) is 0.842. The largest absolute Gasteiger partial charge is 0.481 e. The third-order valence-corrected chi connectivity index (χ3v) is 3.53. The Kier molecular flexibility index (Phi) is 3.15. The number of fused-ring (bicyclic) bond motifs is 1. The van der Waals surface area contributed by atoms with Crippen molar-refractivity contribution >= 4 is 17.6 Å². The van der Waals surface area contributed by atoms with Gasteiger partial charge in [0.05, 0.1) is 10.4 Å². The maximum absolute atomic E-state index is 11.2. The maximum atomic E-state index is 11.2. The van der Waals surface area contributed by atoms with Crippen molar-refractivity contribution in [1.82, 2.24) is 0 Å². The van der Waals surface area contributed by atoms with E-state index in [4.69, 9.17) is 21.1 Å². The molecule has 1 aromatic rings. The summed E-state index contributed by atoms with van der Waals surface area (Å²) in [7, 11) is 0. The van der Waals surface area contributed by atoms with Crippen LogP contribution in [0.4, 0.5) is 0 Å². The van der Waals surface area contributed by atoms with E-state index < -0.39 is 11.4 Å². The molecule has 0 fully saturated rings. The van der Waals surface area contributed by atoms with Gasteiger partial charge >= 0.3 is 5.97 Å². The molecule has 1 aliphatic rings. The summed E-state index contributed by atoms with van der Waals surface area (Å²) in [4.78, 5) is 11.2. The second kappa shape index (κ2) is 4.35. The second-order valence-electron chi connectivity index (χ2n) is 5.09. The summed E-state index contributed by atoms with van der Waals surface area (Å²) in [6.45, 7) is 5.40. The van der Waals surface area contributed by atoms with Crippen molar-refractivity contribution in [2.45, 2.75) is 27.2 Å². The summed E-state index contributed by atoms with van der Waals surface area (Å²) in [5, 5.41) is 9.63. The van der Waals surface area contributed by atoms with Gasteiger partial charge in [-0.2, -0.15) is 0 Å². The van der Waals surface area contributed by atoms with Crippen LogP contribution in [0, 0.1) is 12.3 Å². The lowest BCUT2D eigenvalue weighted by atomic mass is 9.84. The van der Waals surface area contributed by atoms with E-state index >= 15 is 0 Å². The van der Waals surface area contributed by atoms with Crippen LogP contribution in [0.25, 0.3) is 0 Å². The van der Waals surface area contributed by atoms with Crippen molar-refractivity contribution in [1.29, 1.82) is 0 Å². The number of aryl methyl sites for hydroxylation is 1. The van der Waals surface area contributed by atoms with Gasteiger partial charge in [0.1, 0.15) is 0 Å². The smallest absolute Gasteiger partial charge is 0.309 e.